The van der Waals surface area contributed by atoms with Gasteiger partial charge in [0.1, 0.15) is 6.04 Å². The Kier molecular flexibility index (Phi) is 3.96. The van der Waals surface area contributed by atoms with Crippen molar-refractivity contribution in [1.29, 1.82) is 0 Å². The predicted molar refractivity (Wildman–Crippen MR) is 61.2 cm³/mol. The van der Waals surface area contributed by atoms with Gasteiger partial charge < -0.3 is 20.7 Å². The number of ether oxygens (including phenoxy) is 1. The minimum absolute atomic E-state index is 0.00528. The lowest BCUT2D eigenvalue weighted by molar-refractivity contribution is -0.138. The summed E-state index contributed by atoms with van der Waals surface area (Å²) in [7, 11) is 0. The van der Waals surface area contributed by atoms with Gasteiger partial charge in [-0.3, -0.25) is 9.59 Å². The van der Waals surface area contributed by atoms with Crippen LogP contribution in [0.2, 0.25) is 0 Å². The van der Waals surface area contributed by atoms with Gasteiger partial charge in [0.15, 0.2) is 0 Å². The third-order valence-electron chi connectivity index (χ3n) is 3.32. The number of nitrogens with two attached hydrogens (primary N) is 1. The van der Waals surface area contributed by atoms with Crippen LogP contribution in [0.3, 0.4) is 0 Å². The van der Waals surface area contributed by atoms with Crippen LogP contribution in [0.4, 0.5) is 0 Å². The molecule has 2 fully saturated rings. The summed E-state index contributed by atoms with van der Waals surface area (Å²) >= 11 is 0. The molecule has 2 atom stereocenters. The van der Waals surface area contributed by atoms with Crippen LogP contribution in [0.25, 0.3) is 0 Å². The highest BCUT2D eigenvalue weighted by molar-refractivity contribution is 5.87. The number of hydrogen-bond acceptors (Lipinski definition) is 4. The highest BCUT2D eigenvalue weighted by Gasteiger charge is 2.33. The number of nitrogens with zero attached hydrogens (tertiary/aromatic N) is 1. The van der Waals surface area contributed by atoms with Gasteiger partial charge in [0.2, 0.25) is 11.8 Å². The molecule has 2 amide bonds. The van der Waals surface area contributed by atoms with E-state index in [1.807, 2.05) is 0 Å². The van der Waals surface area contributed by atoms with Crippen molar-refractivity contribution in [2.45, 2.75) is 31.3 Å². The minimum Gasteiger partial charge on any atom is -0.378 e. The van der Waals surface area contributed by atoms with Crippen LogP contribution >= 0.6 is 0 Å². The van der Waals surface area contributed by atoms with Crippen molar-refractivity contribution in [3.8, 4) is 0 Å². The van der Waals surface area contributed by atoms with Crippen LogP contribution in [0.5, 0.6) is 0 Å². The Morgan fingerprint density at radius 2 is 2.29 bits per heavy atom. The maximum absolute atomic E-state index is 12.1. The summed E-state index contributed by atoms with van der Waals surface area (Å²) in [5, 5.41) is 3.23. The molecule has 2 saturated heterocycles. The molecule has 0 aromatic carbocycles. The summed E-state index contributed by atoms with van der Waals surface area (Å²) in [5.74, 6) is -0.405. The van der Waals surface area contributed by atoms with Gasteiger partial charge in [-0.15, -0.1) is 0 Å². The number of morpholine rings is 1. The normalized spacial score (nSPS) is 29.3. The van der Waals surface area contributed by atoms with Crippen LogP contribution in [0.15, 0.2) is 0 Å². The molecule has 2 aliphatic heterocycles. The first-order chi connectivity index (χ1) is 8.18. The molecule has 0 saturated carbocycles. The van der Waals surface area contributed by atoms with Gasteiger partial charge in [-0.05, 0) is 12.8 Å². The Labute approximate surface area is 100 Å². The van der Waals surface area contributed by atoms with Crippen molar-refractivity contribution in [3.63, 3.8) is 0 Å². The second-order valence-corrected chi connectivity index (χ2v) is 4.58. The Morgan fingerprint density at radius 3 is 2.94 bits per heavy atom. The second-order valence-electron chi connectivity index (χ2n) is 4.58. The maximum Gasteiger partial charge on any atom is 0.240 e. The molecule has 96 valence electrons. The molecule has 6 heteroatoms. The van der Waals surface area contributed by atoms with E-state index in [0.717, 1.165) is 13.0 Å². The lowest BCUT2D eigenvalue weighted by atomic mass is 10.1. The first kappa shape index (κ1) is 12.3. The number of amides is 2. The van der Waals surface area contributed by atoms with Crippen molar-refractivity contribution in [1.82, 2.24) is 10.2 Å². The van der Waals surface area contributed by atoms with Crippen molar-refractivity contribution in [3.05, 3.63) is 0 Å². The predicted octanol–water partition coefficient (Wildman–Crippen LogP) is -1.16. The SMILES string of the molecule is NC(=O)C1CCCN1C(=O)CC1COCCN1. The van der Waals surface area contributed by atoms with E-state index in [0.29, 0.717) is 32.6 Å². The minimum atomic E-state index is -0.410. The van der Waals surface area contributed by atoms with Gasteiger partial charge >= 0.3 is 0 Å². The van der Waals surface area contributed by atoms with Gasteiger partial charge in [0, 0.05) is 25.6 Å². The molecule has 2 rings (SSSR count). The number of carbonyl (C=O) groups excluding carboxylic acids is 2. The molecule has 0 aliphatic carbocycles. The summed E-state index contributed by atoms with van der Waals surface area (Å²) in [4.78, 5) is 24.9. The Morgan fingerprint density at radius 1 is 1.47 bits per heavy atom. The quantitative estimate of drug-likeness (QED) is 0.653. The van der Waals surface area contributed by atoms with Gasteiger partial charge in [0.25, 0.3) is 0 Å². The van der Waals surface area contributed by atoms with Crippen LogP contribution in [0.1, 0.15) is 19.3 Å². The second kappa shape index (κ2) is 5.46. The monoisotopic (exact) mass is 241 g/mol. The standard InChI is InChI=1S/C11H19N3O3/c12-11(16)9-2-1-4-14(9)10(15)6-8-7-17-5-3-13-8/h8-9,13H,1-7H2,(H2,12,16). The van der Waals surface area contributed by atoms with Gasteiger partial charge in [-0.2, -0.15) is 0 Å². The van der Waals surface area contributed by atoms with E-state index >= 15 is 0 Å². The lowest BCUT2D eigenvalue weighted by Crippen LogP contribution is -2.48. The number of rotatable bonds is 3. The zero-order valence-electron chi connectivity index (χ0n) is 9.85. The molecule has 0 aromatic heterocycles. The van der Waals surface area contributed by atoms with Crippen LogP contribution in [0, 0.1) is 0 Å². The van der Waals surface area contributed by atoms with Crippen LogP contribution in [-0.4, -0.2) is 55.1 Å². The van der Waals surface area contributed by atoms with E-state index in [-0.39, 0.29) is 11.9 Å². The Hall–Kier alpha value is -1.14. The zero-order chi connectivity index (χ0) is 12.3. The van der Waals surface area contributed by atoms with Crippen LogP contribution < -0.4 is 11.1 Å². The maximum atomic E-state index is 12.1. The summed E-state index contributed by atoms with van der Waals surface area (Å²) in [6, 6.07) is -0.350. The molecule has 2 heterocycles. The molecule has 0 bridgehead atoms. The molecular formula is C11H19N3O3. The fraction of sp³-hybridized carbons (Fsp3) is 0.818. The fourth-order valence-corrected chi connectivity index (χ4v) is 2.44. The van der Waals surface area contributed by atoms with E-state index in [1.54, 1.807) is 4.90 Å². The highest BCUT2D eigenvalue weighted by Crippen LogP contribution is 2.18. The zero-order valence-corrected chi connectivity index (χ0v) is 9.85. The molecule has 0 radical (unpaired) electrons. The van der Waals surface area contributed by atoms with E-state index in [1.165, 1.54) is 0 Å². The highest BCUT2D eigenvalue weighted by atomic mass is 16.5. The largest absolute Gasteiger partial charge is 0.378 e. The van der Waals surface area contributed by atoms with Crippen LogP contribution in [-0.2, 0) is 14.3 Å². The topological polar surface area (TPSA) is 84.7 Å². The van der Waals surface area contributed by atoms with E-state index < -0.39 is 11.9 Å². The molecule has 6 nitrogen and oxygen atoms in total. The average Bonchev–Trinajstić information content (AvgIpc) is 2.79. The van der Waals surface area contributed by atoms with E-state index in [2.05, 4.69) is 5.32 Å². The van der Waals surface area contributed by atoms with Gasteiger partial charge in [0.05, 0.1) is 13.2 Å². The van der Waals surface area contributed by atoms with Crippen molar-refractivity contribution < 1.29 is 14.3 Å². The van der Waals surface area contributed by atoms with Gasteiger partial charge in [-0.25, -0.2) is 0 Å². The van der Waals surface area contributed by atoms with Crippen molar-refractivity contribution >= 4 is 11.8 Å². The van der Waals surface area contributed by atoms with Crippen molar-refractivity contribution in [2.75, 3.05) is 26.3 Å². The number of nitrogens with one attached hydrogen (secondary N) is 1. The average molecular weight is 241 g/mol. The smallest absolute Gasteiger partial charge is 0.240 e. The third kappa shape index (κ3) is 2.95. The summed E-state index contributed by atoms with van der Waals surface area (Å²) in [6.07, 6.45) is 1.92. The molecule has 2 unspecified atom stereocenters. The Bertz CT molecular complexity index is 302. The Balaban J connectivity index is 1.88. The van der Waals surface area contributed by atoms with Crippen molar-refractivity contribution in [2.24, 2.45) is 5.73 Å². The molecule has 0 aromatic rings. The number of hydrogen-bond donors (Lipinski definition) is 2. The lowest BCUT2D eigenvalue weighted by Gasteiger charge is -2.27. The summed E-state index contributed by atoms with van der Waals surface area (Å²) in [5.41, 5.74) is 5.29. The first-order valence-corrected chi connectivity index (χ1v) is 6.08. The number of carbonyl (C=O) groups is 2. The number of likely N-dealkylation sites (tertiary alicyclic amines) is 1. The molecule has 2 aliphatic rings. The van der Waals surface area contributed by atoms with E-state index in [4.69, 9.17) is 10.5 Å². The summed E-state index contributed by atoms with van der Waals surface area (Å²) < 4.78 is 5.30. The van der Waals surface area contributed by atoms with E-state index in [9.17, 15) is 9.59 Å². The molecule has 3 N–H and O–H groups in total. The summed E-state index contributed by atoms with van der Waals surface area (Å²) in [6.45, 7) is 2.66. The van der Waals surface area contributed by atoms with Gasteiger partial charge in [-0.1, -0.05) is 0 Å². The first-order valence-electron chi connectivity index (χ1n) is 6.08. The fourth-order valence-electron chi connectivity index (χ4n) is 2.44. The third-order valence-corrected chi connectivity index (χ3v) is 3.32. The molecule has 17 heavy (non-hydrogen) atoms. The number of primary amides is 1. The molecule has 0 spiro atoms. The molecular weight excluding hydrogens is 222 g/mol.